The first-order valence-electron chi connectivity index (χ1n) is 15.7. The van der Waals surface area contributed by atoms with Gasteiger partial charge in [-0.15, -0.1) is 0 Å². The van der Waals surface area contributed by atoms with Crippen LogP contribution in [0.25, 0.3) is 11.1 Å². The van der Waals surface area contributed by atoms with E-state index in [1.807, 2.05) is 6.92 Å². The summed E-state index contributed by atoms with van der Waals surface area (Å²) < 4.78 is 18.6. The number of hydrogen-bond acceptors (Lipinski definition) is 3. The fraction of sp³-hybridized carbons (Fsp3) is 0.514. The van der Waals surface area contributed by atoms with Gasteiger partial charge in [0.15, 0.2) is 0 Å². The summed E-state index contributed by atoms with van der Waals surface area (Å²) in [5, 5.41) is 0. The number of rotatable bonds is 10. The lowest BCUT2D eigenvalue weighted by molar-refractivity contribution is -0.171. The third-order valence-corrected chi connectivity index (χ3v) is 9.33. The predicted octanol–water partition coefficient (Wildman–Crippen LogP) is 9.79. The molecule has 1 aliphatic carbocycles. The first-order chi connectivity index (χ1) is 19.4. The molecule has 40 heavy (non-hydrogen) atoms. The zero-order chi connectivity index (χ0) is 28.2. The van der Waals surface area contributed by atoms with E-state index in [2.05, 4.69) is 88.4 Å². The van der Waals surface area contributed by atoms with Crippen molar-refractivity contribution in [2.24, 2.45) is 0 Å². The minimum atomic E-state index is -0.524. The summed E-state index contributed by atoms with van der Waals surface area (Å²) >= 11 is 0. The Morgan fingerprint density at radius 3 is 2.33 bits per heavy atom. The van der Waals surface area contributed by atoms with E-state index in [-0.39, 0.29) is 5.41 Å². The first-order valence-corrected chi connectivity index (χ1v) is 15.7. The molecule has 3 heteroatoms. The van der Waals surface area contributed by atoms with E-state index in [4.69, 9.17) is 14.2 Å². The van der Waals surface area contributed by atoms with Crippen LogP contribution >= 0.6 is 0 Å². The van der Waals surface area contributed by atoms with Crippen molar-refractivity contribution in [2.75, 3.05) is 13.2 Å². The highest BCUT2D eigenvalue weighted by molar-refractivity contribution is 5.72. The molecule has 0 bridgehead atoms. The van der Waals surface area contributed by atoms with Crippen molar-refractivity contribution >= 4 is 0 Å². The molecule has 1 fully saturated rings. The summed E-state index contributed by atoms with van der Waals surface area (Å²) in [5.74, 6) is 1.98. The monoisotopic (exact) mass is 540 g/mol. The molecule has 3 atom stereocenters. The lowest BCUT2D eigenvalue weighted by Gasteiger charge is -2.29. The third-order valence-electron chi connectivity index (χ3n) is 9.33. The van der Waals surface area contributed by atoms with Crippen molar-refractivity contribution < 1.29 is 14.2 Å². The van der Waals surface area contributed by atoms with Crippen molar-refractivity contribution in [1.29, 1.82) is 0 Å². The number of fused-ring (bicyclic) bond motifs is 1. The van der Waals surface area contributed by atoms with Crippen LogP contribution < -0.4 is 9.47 Å². The average molecular weight is 541 g/mol. The second-order valence-corrected chi connectivity index (χ2v) is 12.1. The quantitative estimate of drug-likeness (QED) is 0.240. The van der Waals surface area contributed by atoms with Crippen LogP contribution in [0.3, 0.4) is 0 Å². The highest BCUT2D eigenvalue weighted by atomic mass is 16.7. The minimum Gasteiger partial charge on any atom is -0.494 e. The van der Waals surface area contributed by atoms with Crippen molar-refractivity contribution in [2.45, 2.75) is 110 Å². The van der Waals surface area contributed by atoms with E-state index in [0.717, 1.165) is 37.2 Å². The lowest BCUT2D eigenvalue weighted by atomic mass is 9.75. The van der Waals surface area contributed by atoms with Gasteiger partial charge in [-0.1, -0.05) is 69.7 Å². The molecule has 3 nitrogen and oxygen atoms in total. The standard InChI is InChI=1S/C37H48O3/c1-6-21-37(39-9-4)26-30-24-33(34(25-35(30)40-37)29-14-12-27(7-2)13-15-29)28-11-10-22-36(5,23-20-28)31-16-18-32(19-17-31)38-8-3/h12-19,24-25,28H,6-11,20-23,26H2,1-5H3. The molecule has 3 aromatic carbocycles. The molecule has 0 amide bonds. The zero-order valence-corrected chi connectivity index (χ0v) is 25.4. The summed E-state index contributed by atoms with van der Waals surface area (Å²) in [6.07, 6.45) is 9.89. The number of ether oxygens (including phenoxy) is 3. The van der Waals surface area contributed by atoms with Gasteiger partial charge in [-0.2, -0.15) is 0 Å². The minimum absolute atomic E-state index is 0.188. The largest absolute Gasteiger partial charge is 0.494 e. The van der Waals surface area contributed by atoms with Crippen molar-refractivity contribution in [3.63, 3.8) is 0 Å². The van der Waals surface area contributed by atoms with Crippen LogP contribution in [0.4, 0.5) is 0 Å². The van der Waals surface area contributed by atoms with E-state index < -0.39 is 5.79 Å². The fourth-order valence-corrected chi connectivity index (χ4v) is 7.07. The Labute approximate surface area is 242 Å². The molecule has 0 saturated heterocycles. The summed E-state index contributed by atoms with van der Waals surface area (Å²) in [7, 11) is 0. The van der Waals surface area contributed by atoms with Gasteiger partial charge >= 0.3 is 0 Å². The van der Waals surface area contributed by atoms with Crippen LogP contribution in [0, 0.1) is 0 Å². The smallest absolute Gasteiger partial charge is 0.214 e. The zero-order valence-electron chi connectivity index (χ0n) is 25.4. The second-order valence-electron chi connectivity index (χ2n) is 12.1. The van der Waals surface area contributed by atoms with Gasteiger partial charge in [0.2, 0.25) is 5.79 Å². The maximum Gasteiger partial charge on any atom is 0.214 e. The second kappa shape index (κ2) is 12.4. The molecule has 0 radical (unpaired) electrons. The third kappa shape index (κ3) is 5.96. The Balaban J connectivity index is 1.47. The van der Waals surface area contributed by atoms with E-state index in [1.54, 1.807) is 0 Å². The van der Waals surface area contributed by atoms with Gasteiger partial charge in [0.25, 0.3) is 0 Å². The van der Waals surface area contributed by atoms with Crippen molar-refractivity contribution in [3.05, 3.63) is 82.9 Å². The Hall–Kier alpha value is -2.78. The molecule has 0 aromatic heterocycles. The van der Waals surface area contributed by atoms with E-state index >= 15 is 0 Å². The maximum absolute atomic E-state index is 6.63. The maximum atomic E-state index is 6.63. The molecule has 1 aliphatic heterocycles. The van der Waals surface area contributed by atoms with Gasteiger partial charge in [0, 0.05) is 25.0 Å². The van der Waals surface area contributed by atoms with E-state index in [1.165, 1.54) is 65.5 Å². The molecule has 3 unspecified atom stereocenters. The molecule has 1 heterocycles. The van der Waals surface area contributed by atoms with Crippen LogP contribution in [0.15, 0.2) is 60.7 Å². The molecular weight excluding hydrogens is 492 g/mol. The highest BCUT2D eigenvalue weighted by Gasteiger charge is 2.41. The van der Waals surface area contributed by atoms with Gasteiger partial charge in [0.1, 0.15) is 11.5 Å². The molecule has 2 aliphatic rings. The normalized spacial score (nSPS) is 24.3. The van der Waals surface area contributed by atoms with E-state index in [0.29, 0.717) is 19.1 Å². The molecule has 214 valence electrons. The first kappa shape index (κ1) is 28.7. The Morgan fingerprint density at radius 2 is 1.65 bits per heavy atom. The molecular formula is C37H48O3. The number of hydrogen-bond donors (Lipinski definition) is 0. The highest BCUT2D eigenvalue weighted by Crippen LogP contribution is 2.48. The summed E-state index contributed by atoms with van der Waals surface area (Å²) in [6.45, 7) is 12.4. The number of aryl methyl sites for hydroxylation is 1. The van der Waals surface area contributed by atoms with Gasteiger partial charge in [-0.05, 0) is 110 Å². The fourth-order valence-electron chi connectivity index (χ4n) is 7.07. The van der Waals surface area contributed by atoms with Gasteiger partial charge in [-0.3, -0.25) is 0 Å². The van der Waals surface area contributed by atoms with Crippen molar-refractivity contribution in [3.8, 4) is 22.6 Å². The predicted molar refractivity (Wildman–Crippen MR) is 166 cm³/mol. The SMILES string of the molecule is CCCC1(OCC)Cc2cc(C3CCCC(C)(c4ccc(OCC)cc4)CC3)c(-c3ccc(CC)cc3)cc2O1. The van der Waals surface area contributed by atoms with Crippen LogP contribution in [0.2, 0.25) is 0 Å². The summed E-state index contributed by atoms with van der Waals surface area (Å²) in [6, 6.07) is 22.9. The van der Waals surface area contributed by atoms with Crippen molar-refractivity contribution in [1.82, 2.24) is 0 Å². The van der Waals surface area contributed by atoms with Crippen LogP contribution in [-0.4, -0.2) is 19.0 Å². The number of benzene rings is 3. The topological polar surface area (TPSA) is 27.7 Å². The summed E-state index contributed by atoms with van der Waals surface area (Å²) in [5.41, 5.74) is 8.43. The van der Waals surface area contributed by atoms with Crippen LogP contribution in [0.5, 0.6) is 11.5 Å². The Bertz CT molecular complexity index is 1250. The molecule has 1 saturated carbocycles. The molecule has 0 N–H and O–H groups in total. The Kier molecular flexibility index (Phi) is 8.90. The molecule has 3 aromatic rings. The van der Waals surface area contributed by atoms with Gasteiger partial charge in [0.05, 0.1) is 6.61 Å². The van der Waals surface area contributed by atoms with Crippen LogP contribution in [-0.2, 0) is 23.0 Å². The van der Waals surface area contributed by atoms with Crippen LogP contribution in [0.1, 0.15) is 108 Å². The molecule has 5 rings (SSSR count). The summed E-state index contributed by atoms with van der Waals surface area (Å²) in [4.78, 5) is 0. The molecule has 0 spiro atoms. The van der Waals surface area contributed by atoms with Gasteiger partial charge < -0.3 is 14.2 Å². The lowest BCUT2D eigenvalue weighted by Crippen LogP contribution is -2.37. The average Bonchev–Trinajstić information content (AvgIpc) is 3.18. The Morgan fingerprint density at radius 1 is 0.875 bits per heavy atom. The van der Waals surface area contributed by atoms with E-state index in [9.17, 15) is 0 Å². The van der Waals surface area contributed by atoms with Gasteiger partial charge in [-0.25, -0.2) is 0 Å².